The van der Waals surface area contributed by atoms with Gasteiger partial charge < -0.3 is 10.0 Å². The molecular weight excluding hydrogens is 312 g/mol. The summed E-state index contributed by atoms with van der Waals surface area (Å²) in [5, 5.41) is 11.3. The average Bonchev–Trinajstić information content (AvgIpc) is 2.60. The van der Waals surface area contributed by atoms with Crippen LogP contribution in [-0.4, -0.2) is 40.1 Å². The quantitative estimate of drug-likeness (QED) is 0.926. The van der Waals surface area contributed by atoms with Gasteiger partial charge in [0.25, 0.3) is 5.91 Å². The summed E-state index contributed by atoms with van der Waals surface area (Å²) in [4.78, 5) is 19.5. The number of piperidine rings is 1. The van der Waals surface area contributed by atoms with Gasteiger partial charge in [-0.2, -0.15) is 0 Å². The van der Waals surface area contributed by atoms with Crippen molar-refractivity contribution in [3.63, 3.8) is 0 Å². The van der Waals surface area contributed by atoms with Gasteiger partial charge in [-0.15, -0.1) is 0 Å². The number of hydrogen-bond donors (Lipinski definition) is 1. The number of likely N-dealkylation sites (tertiary alicyclic amines) is 1. The number of rotatable bonds is 3. The maximum absolute atomic E-state index is 13.0. The van der Waals surface area contributed by atoms with Gasteiger partial charge in [-0.3, -0.25) is 9.78 Å². The van der Waals surface area contributed by atoms with Gasteiger partial charge in [-0.25, -0.2) is 0 Å². The molecular formula is C21H28N2O2. The van der Waals surface area contributed by atoms with E-state index < -0.39 is 0 Å². The first kappa shape index (κ1) is 17.9. The molecule has 0 bridgehead atoms. The second kappa shape index (κ2) is 7.12. The van der Waals surface area contributed by atoms with E-state index in [1.165, 1.54) is 5.56 Å². The normalized spacial score (nSPS) is 17.3. The number of aryl methyl sites for hydroxylation is 2. The van der Waals surface area contributed by atoms with Crippen molar-refractivity contribution in [3.05, 3.63) is 41.1 Å². The molecule has 1 aliphatic heterocycles. The number of hydrogen-bond acceptors (Lipinski definition) is 3. The van der Waals surface area contributed by atoms with Crippen LogP contribution < -0.4 is 0 Å². The fourth-order valence-electron chi connectivity index (χ4n) is 3.77. The highest BCUT2D eigenvalue weighted by atomic mass is 16.3. The summed E-state index contributed by atoms with van der Waals surface area (Å²) in [6, 6.07) is 8.09. The molecule has 4 nitrogen and oxygen atoms in total. The Kier molecular flexibility index (Phi) is 5.09. The smallest absolute Gasteiger partial charge is 0.255 e. The molecule has 0 aliphatic carbocycles. The molecule has 1 fully saturated rings. The summed E-state index contributed by atoms with van der Waals surface area (Å²) in [5.74, 6) is 0.621. The van der Waals surface area contributed by atoms with Gasteiger partial charge in [0.15, 0.2) is 0 Å². The lowest BCUT2D eigenvalue weighted by atomic mass is 9.85. The van der Waals surface area contributed by atoms with E-state index in [-0.39, 0.29) is 17.9 Å². The Labute approximate surface area is 149 Å². The summed E-state index contributed by atoms with van der Waals surface area (Å²) in [7, 11) is 0. The highest BCUT2D eigenvalue weighted by molar-refractivity contribution is 5.98. The Bertz CT molecular complexity index is 777. The Balaban J connectivity index is 1.78. The van der Waals surface area contributed by atoms with Crippen molar-refractivity contribution in [2.24, 2.45) is 11.8 Å². The second-order valence-corrected chi connectivity index (χ2v) is 7.68. The lowest BCUT2D eigenvalue weighted by Gasteiger charge is -2.35. The van der Waals surface area contributed by atoms with Crippen molar-refractivity contribution in [1.29, 1.82) is 0 Å². The van der Waals surface area contributed by atoms with E-state index >= 15 is 0 Å². The lowest BCUT2D eigenvalue weighted by Crippen LogP contribution is -2.42. The molecule has 2 heterocycles. The zero-order chi connectivity index (χ0) is 18.1. The average molecular weight is 340 g/mol. The van der Waals surface area contributed by atoms with Gasteiger partial charge in [0.2, 0.25) is 0 Å². The van der Waals surface area contributed by atoms with Crippen LogP contribution in [0, 0.1) is 25.7 Å². The van der Waals surface area contributed by atoms with E-state index in [1.807, 2.05) is 50.8 Å². The Hall–Kier alpha value is -1.94. The monoisotopic (exact) mass is 340 g/mol. The zero-order valence-corrected chi connectivity index (χ0v) is 15.6. The molecule has 1 saturated heterocycles. The molecule has 0 saturated carbocycles. The fourth-order valence-corrected chi connectivity index (χ4v) is 3.77. The molecule has 0 unspecified atom stereocenters. The SMILES string of the molecule is Cc1ccc2nc(C)c(C(=O)N3CCC([C@H](O)C(C)C)CC3)cc2c1. The predicted octanol–water partition coefficient (Wildman–Crippen LogP) is 3.72. The van der Waals surface area contributed by atoms with Crippen LogP contribution in [0.5, 0.6) is 0 Å². The molecule has 2 aromatic rings. The first-order chi connectivity index (χ1) is 11.9. The molecule has 0 radical (unpaired) electrons. The van der Waals surface area contributed by atoms with Crippen LogP contribution in [0.1, 0.15) is 48.3 Å². The van der Waals surface area contributed by atoms with E-state index in [4.69, 9.17) is 0 Å². The van der Waals surface area contributed by atoms with Crippen LogP contribution in [-0.2, 0) is 0 Å². The first-order valence-corrected chi connectivity index (χ1v) is 9.22. The zero-order valence-electron chi connectivity index (χ0n) is 15.6. The highest BCUT2D eigenvalue weighted by Crippen LogP contribution is 2.26. The molecule has 1 aromatic heterocycles. The summed E-state index contributed by atoms with van der Waals surface area (Å²) in [5.41, 5.74) is 3.57. The highest BCUT2D eigenvalue weighted by Gasteiger charge is 2.29. The molecule has 1 amide bonds. The lowest BCUT2D eigenvalue weighted by molar-refractivity contribution is 0.0261. The van der Waals surface area contributed by atoms with Gasteiger partial charge in [0, 0.05) is 18.5 Å². The molecule has 4 heteroatoms. The minimum Gasteiger partial charge on any atom is -0.393 e. The Morgan fingerprint density at radius 2 is 1.88 bits per heavy atom. The van der Waals surface area contributed by atoms with Crippen molar-refractivity contribution in [2.75, 3.05) is 13.1 Å². The number of pyridine rings is 1. The predicted molar refractivity (Wildman–Crippen MR) is 101 cm³/mol. The second-order valence-electron chi connectivity index (χ2n) is 7.68. The topological polar surface area (TPSA) is 53.4 Å². The number of aromatic nitrogens is 1. The van der Waals surface area contributed by atoms with Crippen molar-refractivity contribution >= 4 is 16.8 Å². The van der Waals surface area contributed by atoms with E-state index in [9.17, 15) is 9.90 Å². The standard InChI is InChI=1S/C21H28N2O2/c1-13(2)20(24)16-7-9-23(10-8-16)21(25)18-12-17-11-14(3)5-6-19(17)22-15(18)4/h5-6,11-13,16,20,24H,7-10H2,1-4H3/t20-/m1/s1. The molecule has 3 rings (SSSR count). The van der Waals surface area contributed by atoms with Crippen molar-refractivity contribution in [1.82, 2.24) is 9.88 Å². The molecule has 134 valence electrons. The Morgan fingerprint density at radius 3 is 2.52 bits per heavy atom. The van der Waals surface area contributed by atoms with E-state index in [2.05, 4.69) is 11.1 Å². The van der Waals surface area contributed by atoms with Gasteiger partial charge in [0.05, 0.1) is 22.9 Å². The largest absolute Gasteiger partial charge is 0.393 e. The molecule has 25 heavy (non-hydrogen) atoms. The minimum absolute atomic E-state index is 0.0610. The molecule has 1 atom stereocenters. The number of nitrogens with zero attached hydrogens (tertiary/aromatic N) is 2. The molecule has 1 N–H and O–H groups in total. The van der Waals surface area contributed by atoms with Crippen molar-refractivity contribution < 1.29 is 9.90 Å². The summed E-state index contributed by atoms with van der Waals surface area (Å²) < 4.78 is 0. The number of carbonyl (C=O) groups is 1. The number of fused-ring (bicyclic) bond motifs is 1. The van der Waals surface area contributed by atoms with Crippen LogP contribution in [0.2, 0.25) is 0 Å². The minimum atomic E-state index is -0.274. The third-order valence-corrected chi connectivity index (χ3v) is 5.38. The first-order valence-electron chi connectivity index (χ1n) is 9.22. The number of aliphatic hydroxyl groups is 1. The third-order valence-electron chi connectivity index (χ3n) is 5.38. The van der Waals surface area contributed by atoms with Gasteiger partial charge in [0.1, 0.15) is 0 Å². The summed E-state index contributed by atoms with van der Waals surface area (Å²) in [6.07, 6.45) is 1.46. The van der Waals surface area contributed by atoms with Crippen molar-refractivity contribution in [3.8, 4) is 0 Å². The van der Waals surface area contributed by atoms with Gasteiger partial charge >= 0.3 is 0 Å². The molecule has 0 spiro atoms. The summed E-state index contributed by atoms with van der Waals surface area (Å²) in [6.45, 7) is 9.47. The fraction of sp³-hybridized carbons (Fsp3) is 0.524. The molecule has 1 aromatic carbocycles. The molecule has 1 aliphatic rings. The van der Waals surface area contributed by atoms with E-state index in [0.29, 0.717) is 24.6 Å². The third kappa shape index (κ3) is 3.69. The van der Waals surface area contributed by atoms with E-state index in [1.54, 1.807) is 0 Å². The summed E-state index contributed by atoms with van der Waals surface area (Å²) >= 11 is 0. The van der Waals surface area contributed by atoms with Crippen LogP contribution in [0.3, 0.4) is 0 Å². The number of aliphatic hydroxyl groups excluding tert-OH is 1. The van der Waals surface area contributed by atoms with Crippen molar-refractivity contribution in [2.45, 2.75) is 46.6 Å². The Morgan fingerprint density at radius 1 is 1.20 bits per heavy atom. The van der Waals surface area contributed by atoms with Crippen LogP contribution in [0.4, 0.5) is 0 Å². The van der Waals surface area contributed by atoms with E-state index in [0.717, 1.165) is 29.4 Å². The maximum Gasteiger partial charge on any atom is 0.255 e. The number of amides is 1. The number of carbonyl (C=O) groups excluding carboxylic acids is 1. The van der Waals surface area contributed by atoms with Crippen LogP contribution in [0.15, 0.2) is 24.3 Å². The van der Waals surface area contributed by atoms with Gasteiger partial charge in [-0.1, -0.05) is 25.5 Å². The van der Waals surface area contributed by atoms with Gasteiger partial charge in [-0.05, 0) is 56.7 Å². The maximum atomic E-state index is 13.0. The van der Waals surface area contributed by atoms with Crippen LogP contribution >= 0.6 is 0 Å². The number of benzene rings is 1. The van der Waals surface area contributed by atoms with Crippen LogP contribution in [0.25, 0.3) is 10.9 Å².